The summed E-state index contributed by atoms with van der Waals surface area (Å²) in [5.41, 5.74) is 1.86. The van der Waals surface area contributed by atoms with Crippen LogP contribution in [-0.2, 0) is 23.1 Å². The highest BCUT2D eigenvalue weighted by atomic mass is 19.1. The van der Waals surface area contributed by atoms with Gasteiger partial charge in [-0.15, -0.1) is 0 Å². The van der Waals surface area contributed by atoms with Crippen LogP contribution < -0.4 is 0 Å². The fraction of sp³-hybridized carbons (Fsp3) is 0.591. The minimum absolute atomic E-state index is 0.0130. The van der Waals surface area contributed by atoms with Crippen molar-refractivity contribution in [2.75, 3.05) is 26.3 Å². The Kier molecular flexibility index (Phi) is 5.54. The molecule has 0 unspecified atom stereocenters. The molecule has 0 saturated carbocycles. The third-order valence-corrected chi connectivity index (χ3v) is 6.05. The van der Waals surface area contributed by atoms with Crippen molar-refractivity contribution in [3.8, 4) is 0 Å². The molecule has 0 amide bonds. The summed E-state index contributed by atoms with van der Waals surface area (Å²) in [5, 5.41) is 0. The lowest BCUT2D eigenvalue weighted by molar-refractivity contribution is -0.211. The zero-order valence-corrected chi connectivity index (χ0v) is 17.0. The first-order valence-electron chi connectivity index (χ1n) is 10.1. The molecule has 0 radical (unpaired) electrons. The van der Waals surface area contributed by atoms with Crippen LogP contribution in [0.3, 0.4) is 0 Å². The van der Waals surface area contributed by atoms with Gasteiger partial charge in [-0.25, -0.2) is 9.37 Å². The van der Waals surface area contributed by atoms with Gasteiger partial charge in [-0.2, -0.15) is 0 Å². The van der Waals surface area contributed by atoms with Crippen molar-refractivity contribution < 1.29 is 13.9 Å². The number of halogens is 1. The number of benzene rings is 1. The van der Waals surface area contributed by atoms with Crippen LogP contribution in [0, 0.1) is 17.7 Å². The van der Waals surface area contributed by atoms with Gasteiger partial charge in [0.1, 0.15) is 11.4 Å². The standard InChI is InChI=1S/C22H30FN3O2/c1-16(2)20-10-22(14-27-21(20)17-4-6-18(23)7-5-17)13-26(8-9-28-22)12-19-11-25(3)15-24-19/h4-7,11,15-16,20-21H,8-10,12-14H2,1-3H3/t20-,21-,22-/m0/s1. The Morgan fingerprint density at radius 3 is 2.75 bits per heavy atom. The average Bonchev–Trinajstić information content (AvgIpc) is 3.07. The number of hydrogen-bond acceptors (Lipinski definition) is 4. The molecule has 3 atom stereocenters. The summed E-state index contributed by atoms with van der Waals surface area (Å²) in [5.74, 6) is 0.564. The average molecular weight is 387 g/mol. The molecule has 4 rings (SSSR count). The molecule has 0 aliphatic carbocycles. The first-order valence-corrected chi connectivity index (χ1v) is 10.1. The zero-order chi connectivity index (χ0) is 19.7. The molecule has 6 heteroatoms. The Morgan fingerprint density at radius 2 is 2.07 bits per heavy atom. The van der Waals surface area contributed by atoms with E-state index in [2.05, 4.69) is 29.9 Å². The summed E-state index contributed by atoms with van der Waals surface area (Å²) < 4.78 is 28.0. The van der Waals surface area contributed by atoms with Crippen molar-refractivity contribution in [2.45, 2.75) is 38.5 Å². The maximum absolute atomic E-state index is 13.3. The predicted molar refractivity (Wildman–Crippen MR) is 105 cm³/mol. The van der Waals surface area contributed by atoms with Gasteiger partial charge >= 0.3 is 0 Å². The molecule has 2 aliphatic rings. The van der Waals surface area contributed by atoms with Crippen LogP contribution in [0.2, 0.25) is 0 Å². The largest absolute Gasteiger partial charge is 0.370 e. The normalized spacial score (nSPS) is 28.9. The number of hydrogen-bond donors (Lipinski definition) is 0. The van der Waals surface area contributed by atoms with E-state index >= 15 is 0 Å². The highest BCUT2D eigenvalue weighted by Crippen LogP contribution is 2.44. The van der Waals surface area contributed by atoms with Gasteiger partial charge in [-0.1, -0.05) is 26.0 Å². The molecule has 1 spiro atoms. The van der Waals surface area contributed by atoms with Crippen LogP contribution in [0.4, 0.5) is 4.39 Å². The predicted octanol–water partition coefficient (Wildman–Crippen LogP) is 3.56. The summed E-state index contributed by atoms with van der Waals surface area (Å²) in [7, 11) is 2.00. The van der Waals surface area contributed by atoms with Crippen LogP contribution in [0.1, 0.15) is 37.6 Å². The monoisotopic (exact) mass is 387 g/mol. The summed E-state index contributed by atoms with van der Waals surface area (Å²) in [6, 6.07) is 6.74. The van der Waals surface area contributed by atoms with Gasteiger partial charge in [0, 0.05) is 32.9 Å². The molecule has 0 bridgehead atoms. The topological polar surface area (TPSA) is 39.5 Å². The molecule has 3 heterocycles. The Bertz CT molecular complexity index is 791. The van der Waals surface area contributed by atoms with Gasteiger partial charge in [0.15, 0.2) is 0 Å². The minimum Gasteiger partial charge on any atom is -0.370 e. The summed E-state index contributed by atoms with van der Waals surface area (Å²) in [4.78, 5) is 6.89. The van der Waals surface area contributed by atoms with Gasteiger partial charge in [0.2, 0.25) is 0 Å². The lowest BCUT2D eigenvalue weighted by atomic mass is 9.75. The van der Waals surface area contributed by atoms with Gasteiger partial charge in [-0.3, -0.25) is 4.90 Å². The molecule has 152 valence electrons. The van der Waals surface area contributed by atoms with E-state index in [1.54, 1.807) is 0 Å². The molecule has 2 fully saturated rings. The van der Waals surface area contributed by atoms with E-state index in [9.17, 15) is 4.39 Å². The molecule has 1 aromatic heterocycles. The molecule has 5 nitrogen and oxygen atoms in total. The first kappa shape index (κ1) is 19.6. The van der Waals surface area contributed by atoms with Crippen molar-refractivity contribution in [1.29, 1.82) is 0 Å². The third-order valence-electron chi connectivity index (χ3n) is 6.05. The number of morpholine rings is 1. The second-order valence-corrected chi connectivity index (χ2v) is 8.67. The van der Waals surface area contributed by atoms with Gasteiger partial charge < -0.3 is 14.0 Å². The highest BCUT2D eigenvalue weighted by molar-refractivity contribution is 5.21. The Balaban J connectivity index is 1.48. The van der Waals surface area contributed by atoms with E-state index in [0.29, 0.717) is 25.0 Å². The van der Waals surface area contributed by atoms with Crippen LogP contribution in [0.25, 0.3) is 0 Å². The number of imidazole rings is 1. The fourth-order valence-corrected chi connectivity index (χ4v) is 4.59. The van der Waals surface area contributed by atoms with Gasteiger partial charge in [0.25, 0.3) is 0 Å². The van der Waals surface area contributed by atoms with E-state index in [1.807, 2.05) is 30.1 Å². The maximum atomic E-state index is 13.3. The second-order valence-electron chi connectivity index (χ2n) is 8.67. The minimum atomic E-state index is -0.279. The molecule has 2 saturated heterocycles. The molecule has 2 aromatic rings. The summed E-state index contributed by atoms with van der Waals surface area (Å²) in [6.45, 7) is 8.34. The second kappa shape index (κ2) is 7.93. The number of aryl methyl sites for hydroxylation is 1. The van der Waals surface area contributed by atoms with E-state index in [4.69, 9.17) is 9.47 Å². The number of ether oxygens (including phenoxy) is 2. The van der Waals surface area contributed by atoms with E-state index in [-0.39, 0.29) is 17.5 Å². The van der Waals surface area contributed by atoms with Crippen molar-refractivity contribution in [2.24, 2.45) is 18.9 Å². The number of rotatable bonds is 4. The Morgan fingerprint density at radius 1 is 1.29 bits per heavy atom. The smallest absolute Gasteiger partial charge is 0.123 e. The first-order chi connectivity index (χ1) is 13.4. The highest BCUT2D eigenvalue weighted by Gasteiger charge is 2.46. The Labute approximate surface area is 166 Å². The molecule has 2 aliphatic heterocycles. The molecule has 1 aromatic carbocycles. The lowest BCUT2D eigenvalue weighted by Crippen LogP contribution is -2.58. The van der Waals surface area contributed by atoms with Crippen molar-refractivity contribution >= 4 is 0 Å². The lowest BCUT2D eigenvalue weighted by Gasteiger charge is -2.50. The maximum Gasteiger partial charge on any atom is 0.123 e. The SMILES string of the molecule is CC(C)[C@@H]1C[C@@]2(CO[C@H]1c1ccc(F)cc1)CN(Cc1cn(C)cn1)CCO2. The van der Waals surface area contributed by atoms with Crippen molar-refractivity contribution in [3.05, 3.63) is 53.9 Å². The van der Waals surface area contributed by atoms with E-state index in [0.717, 1.165) is 37.3 Å². The molecule has 28 heavy (non-hydrogen) atoms. The Hall–Kier alpha value is -1.76. The van der Waals surface area contributed by atoms with Gasteiger partial charge in [0.05, 0.1) is 31.3 Å². The molecular weight excluding hydrogens is 357 g/mol. The van der Waals surface area contributed by atoms with Gasteiger partial charge in [-0.05, 0) is 36.0 Å². The van der Waals surface area contributed by atoms with Crippen LogP contribution >= 0.6 is 0 Å². The van der Waals surface area contributed by atoms with Crippen molar-refractivity contribution in [3.63, 3.8) is 0 Å². The zero-order valence-electron chi connectivity index (χ0n) is 17.0. The molecule has 0 N–H and O–H groups in total. The van der Waals surface area contributed by atoms with E-state index < -0.39 is 0 Å². The van der Waals surface area contributed by atoms with Crippen LogP contribution in [0.15, 0.2) is 36.8 Å². The third kappa shape index (κ3) is 4.14. The van der Waals surface area contributed by atoms with Crippen molar-refractivity contribution in [1.82, 2.24) is 14.5 Å². The summed E-state index contributed by atoms with van der Waals surface area (Å²) >= 11 is 0. The summed E-state index contributed by atoms with van der Waals surface area (Å²) in [6.07, 6.45) is 4.85. The van der Waals surface area contributed by atoms with Crippen LogP contribution in [0.5, 0.6) is 0 Å². The number of nitrogens with zero attached hydrogens (tertiary/aromatic N) is 3. The number of aromatic nitrogens is 2. The molecular formula is C22H30FN3O2. The van der Waals surface area contributed by atoms with E-state index in [1.165, 1.54) is 12.1 Å². The quantitative estimate of drug-likeness (QED) is 0.804. The van der Waals surface area contributed by atoms with Crippen LogP contribution in [-0.4, -0.2) is 46.4 Å². The fourth-order valence-electron chi connectivity index (χ4n) is 4.59.